The molecule has 0 fully saturated rings. The standard InChI is InChI=1S/C87H106N20O16/c1-48(109)76(104-84(120)72(100-79(115)62(90)47-108)40-54-45-94-65-27-9-5-23-60(54)65)87(123)103-71(39-53-44-93-64-26-8-4-22-59(53)64)83(119)99-69(31-32-75(112)113)80(116)96-42-51-18-16-20-57(36-51)107-106-56-19-15-17-50(35-56)37-74(111)97-68(30-12-14-34-89)81(117)101-73(41-55-46-95-66-28-10-6-24-61(55)66)85(121)105-77(49(2)110)86(122)102-70(38-52-43-92-63-25-7-3-21-58(52)63)82(118)98-67(78(91)114)29-11-13-33-88/h3-10,15-28,35-36,43-46,48-49,62,67-73,76-77,92-95,108-110H,11-14,29-34,37-42,47,88-90H2,1-2H3,(H2,91,114)(H,96,116)(H,97,111)(H,98,118)(H,99,119)(H,100,115)(H,101,117)(H,102,122)(H,103,123)(H,104,120)(H,105,121)(H,112,113)/t48-,49-,62+,67+,68+,69+,70+,71+,72+,73+,76+,77+/m1/s1. The van der Waals surface area contributed by atoms with E-state index < -0.39 is 163 Å². The van der Waals surface area contributed by atoms with Gasteiger partial charge in [-0.25, -0.2) is 0 Å². The van der Waals surface area contributed by atoms with E-state index in [1.807, 2.05) is 36.4 Å². The summed E-state index contributed by atoms with van der Waals surface area (Å²) < 4.78 is 0. The highest BCUT2D eigenvalue weighted by atomic mass is 16.4. The lowest BCUT2D eigenvalue weighted by molar-refractivity contribution is -0.138. The minimum Gasteiger partial charge on any atom is -0.481 e. The molecule has 36 nitrogen and oxygen atoms in total. The number of aliphatic carboxylic acids is 1. The molecule has 123 heavy (non-hydrogen) atoms. The SMILES string of the molecule is C[C@@H](O)[C@H](NC(=O)[C@H](Cc1c[nH]c2ccccc12)NC(=O)[C@H](CCCCN)NC(=O)Cc1cccc(N=Nc2cccc(CNC(=O)[C@H](CCC(=O)O)NC(=O)[C@H](Cc3c[nH]c4ccccc34)NC(=O)[C@@H](NC(=O)[C@H](Cc3c[nH]c4ccccc34)NC(=O)[C@@H](N)CO)[C@@H](C)O)c2)c1)C(=O)N[C@@H](Cc1c[nH]c2ccccc12)C(=O)N[C@@H](CCCCN)C(N)=O. The third kappa shape index (κ3) is 26.0. The van der Waals surface area contributed by atoms with Crippen LogP contribution in [0.5, 0.6) is 0 Å². The van der Waals surface area contributed by atoms with Crippen molar-refractivity contribution in [2.75, 3.05) is 19.7 Å². The number of rotatable bonds is 47. The molecule has 26 N–H and O–H groups in total. The van der Waals surface area contributed by atoms with E-state index in [0.717, 1.165) is 27.3 Å². The van der Waals surface area contributed by atoms with Crippen LogP contribution in [-0.4, -0.2) is 204 Å². The molecule has 0 saturated carbocycles. The molecule has 650 valence electrons. The third-order valence-electron chi connectivity index (χ3n) is 21.0. The lowest BCUT2D eigenvalue weighted by Crippen LogP contribution is -2.61. The van der Waals surface area contributed by atoms with Crippen LogP contribution in [0.3, 0.4) is 0 Å². The summed E-state index contributed by atoms with van der Waals surface area (Å²) in [6, 6.07) is 27.3. The number of aromatic amines is 4. The molecule has 0 saturated heterocycles. The van der Waals surface area contributed by atoms with Crippen LogP contribution >= 0.6 is 0 Å². The second-order valence-corrected chi connectivity index (χ2v) is 30.3. The minimum atomic E-state index is -1.77. The quantitative estimate of drug-likeness (QED) is 0.0192. The number of nitrogens with two attached hydrogens (primary N) is 4. The average molecular weight is 1690 g/mol. The minimum absolute atomic E-state index is 0.0797. The van der Waals surface area contributed by atoms with Crippen molar-refractivity contribution < 1.29 is 78.0 Å². The molecule has 0 unspecified atom stereocenters. The number of hydrogen-bond acceptors (Lipinski definition) is 20. The molecule has 6 aromatic carbocycles. The maximum absolute atomic E-state index is 14.9. The van der Waals surface area contributed by atoms with E-state index in [-0.39, 0.29) is 58.0 Å². The number of carboxylic acid groups (broad SMARTS) is 1. The Morgan fingerprint density at radius 2 is 0.748 bits per heavy atom. The Kier molecular flexibility index (Phi) is 33.3. The van der Waals surface area contributed by atoms with Crippen molar-refractivity contribution in [3.05, 3.63) is 204 Å². The zero-order chi connectivity index (χ0) is 88.2. The number of aliphatic hydroxyl groups is 3. The van der Waals surface area contributed by atoms with E-state index in [0.29, 0.717) is 93.3 Å². The highest BCUT2D eigenvalue weighted by Gasteiger charge is 2.38. The fourth-order valence-corrected chi connectivity index (χ4v) is 14.3. The predicted octanol–water partition coefficient (Wildman–Crippen LogP) is 2.21. The summed E-state index contributed by atoms with van der Waals surface area (Å²) in [5.41, 5.74) is 29.9. The van der Waals surface area contributed by atoms with Crippen molar-refractivity contribution in [2.45, 2.75) is 176 Å². The van der Waals surface area contributed by atoms with Gasteiger partial charge in [-0.2, -0.15) is 10.2 Å². The first-order valence-corrected chi connectivity index (χ1v) is 40.6. The first-order chi connectivity index (χ1) is 59.2. The van der Waals surface area contributed by atoms with E-state index in [1.54, 1.807) is 134 Å². The number of nitrogens with one attached hydrogen (secondary N) is 14. The summed E-state index contributed by atoms with van der Waals surface area (Å²) in [4.78, 5) is 181. The zero-order valence-corrected chi connectivity index (χ0v) is 68.0. The molecule has 4 heterocycles. The number of hydrogen-bond donors (Lipinski definition) is 22. The van der Waals surface area contributed by atoms with Gasteiger partial charge < -0.3 is 116 Å². The summed E-state index contributed by atoms with van der Waals surface area (Å²) in [5, 5.41) is 80.2. The van der Waals surface area contributed by atoms with Gasteiger partial charge in [-0.1, -0.05) is 97.1 Å². The normalized spacial score (nSPS) is 14.4. The van der Waals surface area contributed by atoms with Crippen LogP contribution in [0, 0.1) is 0 Å². The van der Waals surface area contributed by atoms with E-state index in [1.165, 1.54) is 13.8 Å². The molecule has 10 rings (SSSR count). The van der Waals surface area contributed by atoms with Crippen molar-refractivity contribution in [3.8, 4) is 0 Å². The monoisotopic (exact) mass is 1690 g/mol. The Balaban J connectivity index is 0.796. The molecule has 36 heteroatoms. The molecule has 4 aromatic heterocycles. The molecule has 0 radical (unpaired) electrons. The summed E-state index contributed by atoms with van der Waals surface area (Å²) >= 11 is 0. The highest BCUT2D eigenvalue weighted by molar-refractivity contribution is 6.00. The van der Waals surface area contributed by atoms with Crippen molar-refractivity contribution in [1.29, 1.82) is 0 Å². The number of primary amides is 1. The number of amides is 11. The third-order valence-corrected chi connectivity index (χ3v) is 21.0. The fourth-order valence-electron chi connectivity index (χ4n) is 14.3. The molecular weight excluding hydrogens is 1580 g/mol. The number of carbonyl (C=O) groups excluding carboxylic acids is 11. The number of carbonyl (C=O) groups is 12. The summed E-state index contributed by atoms with van der Waals surface area (Å²) in [6.07, 6.45) is 3.62. The van der Waals surface area contributed by atoms with Gasteiger partial charge in [-0.15, -0.1) is 0 Å². The van der Waals surface area contributed by atoms with Crippen molar-refractivity contribution >= 4 is 126 Å². The lowest BCUT2D eigenvalue weighted by atomic mass is 10.0. The number of nitrogens with zero attached hydrogens (tertiary/aromatic N) is 2. The largest absolute Gasteiger partial charge is 0.481 e. The number of H-pyrrole nitrogens is 4. The Hall–Kier alpha value is -13.5. The van der Waals surface area contributed by atoms with Crippen LogP contribution in [-0.2, 0) is 96.2 Å². The number of azo groups is 1. The molecular formula is C87H106N20O16. The Bertz CT molecular complexity index is 5400. The molecule has 12 atom stereocenters. The van der Waals surface area contributed by atoms with E-state index >= 15 is 0 Å². The Morgan fingerprint density at radius 1 is 0.398 bits per heavy atom. The average Bonchev–Trinajstić information content (AvgIpc) is 1.64. The molecule has 10 aromatic rings. The molecule has 0 bridgehead atoms. The fraction of sp³-hybridized carbons (Fsp3) is 0.356. The van der Waals surface area contributed by atoms with Gasteiger partial charge in [0.25, 0.3) is 0 Å². The highest BCUT2D eigenvalue weighted by Crippen LogP contribution is 2.26. The maximum atomic E-state index is 14.9. The number of unbranched alkanes of at least 4 members (excludes halogenated alkanes) is 2. The Morgan fingerprint density at radius 3 is 1.15 bits per heavy atom. The van der Waals surface area contributed by atoms with E-state index in [9.17, 15) is 78.0 Å². The second kappa shape index (κ2) is 44.7. The molecule has 0 aliphatic carbocycles. The van der Waals surface area contributed by atoms with E-state index in [4.69, 9.17) is 22.9 Å². The zero-order valence-electron chi connectivity index (χ0n) is 68.0. The van der Waals surface area contributed by atoms with Crippen LogP contribution in [0.2, 0.25) is 0 Å². The summed E-state index contributed by atoms with van der Waals surface area (Å²) in [7, 11) is 0. The maximum Gasteiger partial charge on any atom is 0.303 e. The number of fused-ring (bicyclic) bond motifs is 4. The van der Waals surface area contributed by atoms with Gasteiger partial charge in [-0.3, -0.25) is 57.5 Å². The van der Waals surface area contributed by atoms with Crippen LogP contribution in [0.4, 0.5) is 11.4 Å². The Labute approximate surface area is 706 Å². The van der Waals surface area contributed by atoms with Crippen LogP contribution in [0.25, 0.3) is 43.6 Å². The van der Waals surface area contributed by atoms with Gasteiger partial charge in [0.05, 0.1) is 36.6 Å². The number of aliphatic hydroxyl groups excluding tert-OH is 3. The predicted molar refractivity (Wildman–Crippen MR) is 458 cm³/mol. The van der Waals surface area contributed by atoms with Gasteiger partial charge in [0.15, 0.2) is 0 Å². The van der Waals surface area contributed by atoms with Gasteiger partial charge >= 0.3 is 5.97 Å². The first kappa shape index (κ1) is 91.8. The first-order valence-electron chi connectivity index (χ1n) is 40.6. The summed E-state index contributed by atoms with van der Waals surface area (Å²) in [5.74, 6) is -10.7. The van der Waals surface area contributed by atoms with Crippen LogP contribution in [0.15, 0.2) is 181 Å². The van der Waals surface area contributed by atoms with Crippen LogP contribution in [0.1, 0.15) is 98.6 Å². The van der Waals surface area contributed by atoms with Crippen LogP contribution < -0.4 is 76.1 Å². The molecule has 0 aliphatic heterocycles. The van der Waals surface area contributed by atoms with Gasteiger partial charge in [0.2, 0.25) is 65.0 Å². The summed E-state index contributed by atoms with van der Waals surface area (Å²) in [6.45, 7) is 2.16. The number of aromatic nitrogens is 4. The molecule has 11 amide bonds. The van der Waals surface area contributed by atoms with Crippen molar-refractivity contribution in [1.82, 2.24) is 73.1 Å². The topological polar surface area (TPSA) is 598 Å². The number of carboxylic acids is 1. The smallest absolute Gasteiger partial charge is 0.303 e. The van der Waals surface area contributed by atoms with Crippen molar-refractivity contribution in [2.24, 2.45) is 33.2 Å². The number of benzene rings is 6. The molecule has 0 aliphatic rings. The molecule has 0 spiro atoms. The number of para-hydroxylation sites is 4. The van der Waals surface area contributed by atoms with E-state index in [2.05, 4.69) is 83.3 Å². The lowest BCUT2D eigenvalue weighted by Gasteiger charge is -2.28. The van der Waals surface area contributed by atoms with Gasteiger partial charge in [0.1, 0.15) is 60.4 Å². The van der Waals surface area contributed by atoms with Gasteiger partial charge in [0, 0.05) is 107 Å². The van der Waals surface area contributed by atoms with Crippen molar-refractivity contribution in [3.63, 3.8) is 0 Å². The van der Waals surface area contributed by atoms with Gasteiger partial charge in [-0.05, 0) is 154 Å². The second-order valence-electron chi connectivity index (χ2n) is 30.3.